The minimum absolute atomic E-state index is 0.0712. The Morgan fingerprint density at radius 2 is 1.85 bits per heavy atom. The Bertz CT molecular complexity index is 463. The number of nitrogens with two attached hydrogens (primary N) is 2. The third-order valence-corrected chi connectivity index (χ3v) is 2.58. The van der Waals surface area contributed by atoms with Crippen molar-refractivity contribution in [2.75, 3.05) is 18.6 Å². The van der Waals surface area contributed by atoms with Gasteiger partial charge in [-0.1, -0.05) is 0 Å². The number of rotatable bonds is 8. The lowest BCUT2D eigenvalue weighted by Crippen LogP contribution is -2.50. The van der Waals surface area contributed by atoms with Gasteiger partial charge in [0, 0.05) is 12.2 Å². The van der Waals surface area contributed by atoms with Crippen molar-refractivity contribution >= 4 is 17.5 Å². The van der Waals surface area contributed by atoms with Crippen LogP contribution in [-0.4, -0.2) is 46.2 Å². The monoisotopic (exact) mass is 282 g/mol. The van der Waals surface area contributed by atoms with Crippen LogP contribution in [-0.2, 0) is 9.59 Å². The number of hydrogen-bond donors (Lipinski definition) is 5. The van der Waals surface area contributed by atoms with Crippen LogP contribution in [0.2, 0.25) is 0 Å². The maximum absolute atomic E-state index is 11.4. The summed E-state index contributed by atoms with van der Waals surface area (Å²) in [6, 6.07) is 5.07. The average Bonchev–Trinajstić information content (AvgIpc) is 2.37. The van der Waals surface area contributed by atoms with E-state index in [0.29, 0.717) is 5.69 Å². The van der Waals surface area contributed by atoms with Gasteiger partial charge in [0.2, 0.25) is 11.8 Å². The molecule has 0 spiro atoms. The molecule has 1 aromatic carbocycles. The molecule has 0 aromatic heterocycles. The van der Waals surface area contributed by atoms with Gasteiger partial charge in [-0.2, -0.15) is 0 Å². The predicted octanol–water partition coefficient (Wildman–Crippen LogP) is -1.26. The van der Waals surface area contributed by atoms with E-state index in [2.05, 4.69) is 5.43 Å². The maximum Gasteiger partial charge on any atom is 0.237 e. The topological polar surface area (TPSA) is 142 Å². The van der Waals surface area contributed by atoms with Crippen LogP contribution < -0.4 is 16.9 Å². The molecule has 0 radical (unpaired) electrons. The molecule has 1 atom stereocenters. The predicted molar refractivity (Wildman–Crippen MR) is 72.3 cm³/mol. The minimum atomic E-state index is -0.978. The molecule has 0 saturated heterocycles. The van der Waals surface area contributed by atoms with Crippen LogP contribution in [0, 0.1) is 0 Å². The first-order valence-electron chi connectivity index (χ1n) is 5.95. The standard InChI is InChI=1S/C12H18N4O4/c13-11(19)7-10(12(14)20)16(5-6-17)15-8-1-3-9(18)4-2-8/h1-4,10,15,17-18H,5-7H2,(H2,13,19)(H2,14,20)/t10-/m0/s1. The molecule has 0 unspecified atom stereocenters. The number of aliphatic hydroxyl groups is 1. The summed E-state index contributed by atoms with van der Waals surface area (Å²) in [5, 5.41) is 19.6. The van der Waals surface area contributed by atoms with Gasteiger partial charge in [0.25, 0.3) is 0 Å². The van der Waals surface area contributed by atoms with E-state index in [0.717, 1.165) is 0 Å². The smallest absolute Gasteiger partial charge is 0.237 e. The SMILES string of the molecule is NC(=O)C[C@@H](C(N)=O)N(CCO)Nc1ccc(O)cc1. The van der Waals surface area contributed by atoms with E-state index in [1.165, 1.54) is 17.1 Å². The average molecular weight is 282 g/mol. The van der Waals surface area contributed by atoms with Crippen molar-refractivity contribution in [3.05, 3.63) is 24.3 Å². The third kappa shape index (κ3) is 4.75. The van der Waals surface area contributed by atoms with Gasteiger partial charge in [0.15, 0.2) is 0 Å². The van der Waals surface area contributed by atoms with Crippen LogP contribution in [0.4, 0.5) is 5.69 Å². The molecular formula is C12H18N4O4. The second-order valence-corrected chi connectivity index (χ2v) is 4.16. The number of aliphatic hydroxyl groups excluding tert-OH is 1. The van der Waals surface area contributed by atoms with E-state index < -0.39 is 17.9 Å². The summed E-state index contributed by atoms with van der Waals surface area (Å²) in [5.41, 5.74) is 13.7. The van der Waals surface area contributed by atoms with Crippen LogP contribution in [0.15, 0.2) is 24.3 Å². The van der Waals surface area contributed by atoms with Crippen LogP contribution in [0.25, 0.3) is 0 Å². The third-order valence-electron chi connectivity index (χ3n) is 2.58. The van der Waals surface area contributed by atoms with Crippen molar-refractivity contribution in [1.29, 1.82) is 0 Å². The van der Waals surface area contributed by atoms with Crippen LogP contribution in [0.1, 0.15) is 6.42 Å². The summed E-state index contributed by atoms with van der Waals surface area (Å²) in [4.78, 5) is 22.4. The molecular weight excluding hydrogens is 264 g/mol. The first kappa shape index (κ1) is 15.7. The number of hydrazine groups is 1. The molecule has 0 saturated carbocycles. The molecule has 0 aliphatic carbocycles. The molecule has 8 heteroatoms. The summed E-state index contributed by atoms with van der Waals surface area (Å²) in [7, 11) is 0. The molecule has 0 bridgehead atoms. The number of amides is 2. The highest BCUT2D eigenvalue weighted by molar-refractivity contribution is 5.86. The second kappa shape index (κ2) is 7.31. The van der Waals surface area contributed by atoms with E-state index in [-0.39, 0.29) is 25.3 Å². The Hall–Kier alpha value is -2.32. The Labute approximate surface area is 115 Å². The van der Waals surface area contributed by atoms with Crippen molar-refractivity contribution in [2.45, 2.75) is 12.5 Å². The quantitative estimate of drug-likeness (QED) is 0.298. The van der Waals surface area contributed by atoms with Crippen LogP contribution in [0.3, 0.4) is 0 Å². The molecule has 1 rings (SSSR count). The zero-order chi connectivity index (χ0) is 15.1. The van der Waals surface area contributed by atoms with Gasteiger partial charge in [-0.3, -0.25) is 9.59 Å². The Balaban J connectivity index is 2.87. The number of benzene rings is 1. The van der Waals surface area contributed by atoms with E-state index >= 15 is 0 Å². The van der Waals surface area contributed by atoms with Gasteiger partial charge in [-0.15, -0.1) is 0 Å². The second-order valence-electron chi connectivity index (χ2n) is 4.16. The van der Waals surface area contributed by atoms with Crippen molar-refractivity contribution in [3.63, 3.8) is 0 Å². The first-order chi connectivity index (χ1) is 9.43. The molecule has 0 heterocycles. The number of carbonyl (C=O) groups is 2. The lowest BCUT2D eigenvalue weighted by molar-refractivity contribution is -0.128. The lowest BCUT2D eigenvalue weighted by Gasteiger charge is -2.29. The first-order valence-corrected chi connectivity index (χ1v) is 5.95. The van der Waals surface area contributed by atoms with E-state index in [1.807, 2.05) is 0 Å². The molecule has 0 aliphatic rings. The highest BCUT2D eigenvalue weighted by Crippen LogP contribution is 2.16. The van der Waals surface area contributed by atoms with E-state index in [4.69, 9.17) is 16.6 Å². The van der Waals surface area contributed by atoms with Crippen molar-refractivity contribution < 1.29 is 19.8 Å². The van der Waals surface area contributed by atoms with Gasteiger partial charge in [0.05, 0.1) is 13.0 Å². The Morgan fingerprint density at radius 3 is 2.30 bits per heavy atom. The van der Waals surface area contributed by atoms with Crippen molar-refractivity contribution in [1.82, 2.24) is 5.01 Å². The largest absolute Gasteiger partial charge is 0.508 e. The van der Waals surface area contributed by atoms with Gasteiger partial charge in [-0.05, 0) is 24.3 Å². The molecule has 1 aromatic rings. The number of hydrogen-bond acceptors (Lipinski definition) is 6. The number of nitrogens with zero attached hydrogens (tertiary/aromatic N) is 1. The lowest BCUT2D eigenvalue weighted by atomic mass is 10.1. The zero-order valence-electron chi connectivity index (χ0n) is 10.8. The van der Waals surface area contributed by atoms with E-state index in [9.17, 15) is 14.7 Å². The molecule has 0 fully saturated rings. The fourth-order valence-corrected chi connectivity index (χ4v) is 1.65. The summed E-state index contributed by atoms with van der Waals surface area (Å²) >= 11 is 0. The number of carbonyl (C=O) groups excluding carboxylic acids is 2. The van der Waals surface area contributed by atoms with Gasteiger partial charge in [0.1, 0.15) is 11.8 Å². The minimum Gasteiger partial charge on any atom is -0.508 e. The molecule has 0 aliphatic heterocycles. The zero-order valence-corrected chi connectivity index (χ0v) is 10.8. The summed E-state index contributed by atoms with van der Waals surface area (Å²) in [5.74, 6) is -1.32. The number of primary amides is 2. The summed E-state index contributed by atoms with van der Waals surface area (Å²) in [6.07, 6.45) is -0.263. The Morgan fingerprint density at radius 1 is 1.25 bits per heavy atom. The number of aromatic hydroxyl groups is 1. The Kier molecular flexibility index (Phi) is 5.75. The summed E-state index contributed by atoms with van der Waals surface area (Å²) in [6.45, 7) is -0.171. The number of nitrogens with one attached hydrogen (secondary N) is 1. The highest BCUT2D eigenvalue weighted by Gasteiger charge is 2.25. The summed E-state index contributed by atoms with van der Waals surface area (Å²) < 4.78 is 0. The van der Waals surface area contributed by atoms with Crippen LogP contribution >= 0.6 is 0 Å². The molecule has 110 valence electrons. The normalized spacial score (nSPS) is 12.1. The van der Waals surface area contributed by atoms with Gasteiger partial charge < -0.3 is 27.1 Å². The highest BCUT2D eigenvalue weighted by atomic mass is 16.3. The fraction of sp³-hybridized carbons (Fsp3) is 0.333. The van der Waals surface area contributed by atoms with E-state index in [1.54, 1.807) is 12.1 Å². The molecule has 20 heavy (non-hydrogen) atoms. The maximum atomic E-state index is 11.4. The number of phenolic OH excluding ortho intramolecular Hbond substituents is 1. The number of phenols is 1. The van der Waals surface area contributed by atoms with Crippen LogP contribution in [0.5, 0.6) is 5.75 Å². The molecule has 2 amide bonds. The van der Waals surface area contributed by atoms with Gasteiger partial charge >= 0.3 is 0 Å². The van der Waals surface area contributed by atoms with Crippen molar-refractivity contribution in [3.8, 4) is 5.75 Å². The number of anilines is 1. The molecule has 8 nitrogen and oxygen atoms in total. The molecule has 7 N–H and O–H groups in total. The van der Waals surface area contributed by atoms with Crippen molar-refractivity contribution in [2.24, 2.45) is 11.5 Å². The van der Waals surface area contributed by atoms with Gasteiger partial charge in [-0.25, -0.2) is 5.01 Å². The fourth-order valence-electron chi connectivity index (χ4n) is 1.65.